The highest BCUT2D eigenvalue weighted by atomic mass is 35.5. The van der Waals surface area contributed by atoms with Crippen molar-refractivity contribution in [3.05, 3.63) is 95.3 Å². The molecule has 40 heavy (non-hydrogen) atoms. The van der Waals surface area contributed by atoms with E-state index in [2.05, 4.69) is 5.32 Å². The number of nitrogens with zero attached hydrogens (tertiary/aromatic N) is 2. The average molecular weight is 586 g/mol. The molecule has 1 fully saturated rings. The number of carbonyl (C=O) groups excluding carboxylic acids is 2. The fourth-order valence-electron chi connectivity index (χ4n) is 4.82. The van der Waals surface area contributed by atoms with Gasteiger partial charge in [-0.25, -0.2) is 12.8 Å². The molecule has 1 saturated carbocycles. The lowest BCUT2D eigenvalue weighted by Gasteiger charge is -2.33. The molecule has 0 bridgehead atoms. The lowest BCUT2D eigenvalue weighted by Crippen LogP contribution is -2.53. The number of carbonyl (C=O) groups is 2. The fraction of sp³-hybridized carbons (Fsp3) is 0.333. The lowest BCUT2D eigenvalue weighted by molar-refractivity contribution is -0.139. The summed E-state index contributed by atoms with van der Waals surface area (Å²) >= 11 is 6.40. The maximum absolute atomic E-state index is 13.9. The predicted molar refractivity (Wildman–Crippen MR) is 154 cm³/mol. The highest BCUT2D eigenvalue weighted by Gasteiger charge is 2.33. The Morgan fingerprint density at radius 3 is 2.23 bits per heavy atom. The largest absolute Gasteiger partial charge is 0.352 e. The molecule has 0 aromatic heterocycles. The molecule has 1 aliphatic carbocycles. The van der Waals surface area contributed by atoms with Crippen LogP contribution in [0.2, 0.25) is 5.02 Å². The van der Waals surface area contributed by atoms with Crippen LogP contribution in [-0.2, 0) is 26.2 Å². The van der Waals surface area contributed by atoms with E-state index >= 15 is 0 Å². The number of nitrogens with one attached hydrogen (secondary N) is 1. The van der Waals surface area contributed by atoms with Gasteiger partial charge in [-0.2, -0.15) is 0 Å². The molecule has 10 heteroatoms. The number of halogens is 2. The number of sulfonamides is 1. The normalized spacial score (nSPS) is 14.8. The van der Waals surface area contributed by atoms with Gasteiger partial charge in [0.1, 0.15) is 18.4 Å². The minimum atomic E-state index is -4.21. The van der Waals surface area contributed by atoms with Crippen LogP contribution >= 0.6 is 11.6 Å². The molecule has 3 aromatic carbocycles. The second-order valence-electron chi connectivity index (χ2n) is 9.93. The zero-order valence-corrected chi connectivity index (χ0v) is 23.9. The van der Waals surface area contributed by atoms with E-state index in [1.807, 2.05) is 0 Å². The molecule has 0 radical (unpaired) electrons. The zero-order valence-electron chi connectivity index (χ0n) is 22.3. The molecule has 0 unspecified atom stereocenters. The van der Waals surface area contributed by atoms with E-state index in [-0.39, 0.29) is 29.1 Å². The van der Waals surface area contributed by atoms with Gasteiger partial charge in [-0.15, -0.1) is 0 Å². The Morgan fingerprint density at radius 1 is 0.950 bits per heavy atom. The van der Waals surface area contributed by atoms with Crippen molar-refractivity contribution in [3.63, 3.8) is 0 Å². The Morgan fingerprint density at radius 2 is 1.57 bits per heavy atom. The molecular weight excluding hydrogens is 553 g/mol. The summed E-state index contributed by atoms with van der Waals surface area (Å²) in [7, 11) is -4.21. The van der Waals surface area contributed by atoms with Gasteiger partial charge in [0, 0.05) is 17.6 Å². The summed E-state index contributed by atoms with van der Waals surface area (Å²) in [5.41, 5.74) is 0.740. The first kappa shape index (κ1) is 29.6. The van der Waals surface area contributed by atoms with Crippen molar-refractivity contribution >= 4 is 39.1 Å². The van der Waals surface area contributed by atoms with Crippen LogP contribution in [-0.4, -0.2) is 43.8 Å². The molecule has 1 aliphatic rings. The summed E-state index contributed by atoms with van der Waals surface area (Å²) in [6.45, 7) is 1.02. The van der Waals surface area contributed by atoms with Crippen molar-refractivity contribution in [1.29, 1.82) is 0 Å². The minimum Gasteiger partial charge on any atom is -0.352 e. The van der Waals surface area contributed by atoms with E-state index < -0.39 is 34.3 Å². The summed E-state index contributed by atoms with van der Waals surface area (Å²) in [5, 5.41) is 3.49. The van der Waals surface area contributed by atoms with E-state index in [0.29, 0.717) is 10.6 Å². The van der Waals surface area contributed by atoms with E-state index in [9.17, 15) is 22.4 Å². The van der Waals surface area contributed by atoms with Gasteiger partial charge in [0.05, 0.1) is 10.6 Å². The molecule has 1 atom stereocenters. The van der Waals surface area contributed by atoms with Crippen molar-refractivity contribution in [3.8, 4) is 0 Å². The molecule has 4 rings (SSSR count). The molecule has 0 aliphatic heterocycles. The quantitative estimate of drug-likeness (QED) is 0.338. The van der Waals surface area contributed by atoms with Crippen LogP contribution < -0.4 is 9.62 Å². The molecule has 2 amide bonds. The van der Waals surface area contributed by atoms with Gasteiger partial charge in [0.25, 0.3) is 10.0 Å². The monoisotopic (exact) mass is 585 g/mol. The van der Waals surface area contributed by atoms with Crippen molar-refractivity contribution < 1.29 is 22.4 Å². The van der Waals surface area contributed by atoms with Gasteiger partial charge in [0.15, 0.2) is 0 Å². The summed E-state index contributed by atoms with van der Waals surface area (Å²) in [5.74, 6) is -1.46. The van der Waals surface area contributed by atoms with Crippen LogP contribution in [0.15, 0.2) is 83.8 Å². The van der Waals surface area contributed by atoms with Crippen LogP contribution in [0.3, 0.4) is 0 Å². The van der Waals surface area contributed by atoms with E-state index in [4.69, 9.17) is 11.6 Å². The Bertz CT molecular complexity index is 1410. The van der Waals surface area contributed by atoms with Gasteiger partial charge in [-0.1, -0.05) is 67.3 Å². The number of rotatable bonds is 10. The van der Waals surface area contributed by atoms with Gasteiger partial charge in [-0.05, 0) is 67.8 Å². The second kappa shape index (κ2) is 13.3. The van der Waals surface area contributed by atoms with Crippen LogP contribution in [0.5, 0.6) is 0 Å². The predicted octanol–water partition coefficient (Wildman–Crippen LogP) is 5.54. The average Bonchev–Trinajstić information content (AvgIpc) is 2.96. The number of benzene rings is 3. The van der Waals surface area contributed by atoms with Crippen molar-refractivity contribution in [2.45, 2.75) is 62.6 Å². The number of hydrogen-bond acceptors (Lipinski definition) is 4. The van der Waals surface area contributed by atoms with E-state index in [0.717, 1.165) is 48.5 Å². The Labute approximate surface area is 240 Å². The smallest absolute Gasteiger partial charge is 0.264 e. The van der Waals surface area contributed by atoms with Crippen LogP contribution in [0.1, 0.15) is 44.6 Å². The van der Waals surface area contributed by atoms with Crippen LogP contribution in [0.25, 0.3) is 0 Å². The third kappa shape index (κ3) is 7.20. The van der Waals surface area contributed by atoms with Gasteiger partial charge in [0.2, 0.25) is 11.8 Å². The van der Waals surface area contributed by atoms with Crippen LogP contribution in [0, 0.1) is 5.82 Å². The highest BCUT2D eigenvalue weighted by molar-refractivity contribution is 7.92. The third-order valence-electron chi connectivity index (χ3n) is 7.14. The first-order chi connectivity index (χ1) is 19.2. The second-order valence-corrected chi connectivity index (χ2v) is 12.2. The van der Waals surface area contributed by atoms with Gasteiger partial charge >= 0.3 is 0 Å². The number of hydrogen-bond donors (Lipinski definition) is 1. The summed E-state index contributed by atoms with van der Waals surface area (Å²) in [6.07, 6.45) is 4.96. The maximum Gasteiger partial charge on any atom is 0.264 e. The Kier molecular flexibility index (Phi) is 9.81. The minimum absolute atomic E-state index is 0.000399. The van der Waals surface area contributed by atoms with Crippen molar-refractivity contribution in [1.82, 2.24) is 10.2 Å². The standard InChI is InChI=1S/C30H33ClFN3O4S/c1-22(30(37)33-25-11-4-2-5-12-25)34(20-23-10-8-9-15-28(23)31)29(36)21-35(26-18-16-24(32)17-19-26)40(38,39)27-13-6-3-7-14-27/h3,6-10,13-19,22,25H,2,4-5,11-12,20-21H2,1H3,(H,33,37)/t22-/m1/s1. The SMILES string of the molecule is C[C@H](C(=O)NC1CCCCC1)N(Cc1ccccc1Cl)C(=O)CN(c1ccc(F)cc1)S(=O)(=O)c1ccccc1. The molecule has 0 saturated heterocycles. The van der Waals surface area contributed by atoms with E-state index in [1.165, 1.54) is 29.2 Å². The molecule has 0 spiro atoms. The topological polar surface area (TPSA) is 86.8 Å². The first-order valence-electron chi connectivity index (χ1n) is 13.3. The van der Waals surface area contributed by atoms with E-state index in [1.54, 1.807) is 49.4 Å². The highest BCUT2D eigenvalue weighted by Crippen LogP contribution is 2.26. The van der Waals surface area contributed by atoms with Crippen LogP contribution in [0.4, 0.5) is 10.1 Å². The molecule has 3 aromatic rings. The third-order valence-corrected chi connectivity index (χ3v) is 9.30. The molecular formula is C30H33ClFN3O4S. The first-order valence-corrected chi connectivity index (χ1v) is 15.1. The number of anilines is 1. The summed E-state index contributed by atoms with van der Waals surface area (Å²) < 4.78 is 42.1. The summed E-state index contributed by atoms with van der Waals surface area (Å²) in [6, 6.07) is 18.7. The zero-order chi connectivity index (χ0) is 28.7. The Hall–Kier alpha value is -3.43. The van der Waals surface area contributed by atoms with Crippen molar-refractivity contribution in [2.24, 2.45) is 0 Å². The maximum atomic E-state index is 13.9. The fourth-order valence-corrected chi connectivity index (χ4v) is 6.45. The lowest BCUT2D eigenvalue weighted by atomic mass is 9.95. The Balaban J connectivity index is 1.67. The molecule has 212 valence electrons. The number of amides is 2. The van der Waals surface area contributed by atoms with Crippen molar-refractivity contribution in [2.75, 3.05) is 10.8 Å². The molecule has 0 heterocycles. The molecule has 7 nitrogen and oxygen atoms in total. The molecule has 1 N–H and O–H groups in total. The summed E-state index contributed by atoms with van der Waals surface area (Å²) in [4.78, 5) is 28.6. The van der Waals surface area contributed by atoms with Gasteiger partial charge < -0.3 is 10.2 Å². The van der Waals surface area contributed by atoms with Gasteiger partial charge in [-0.3, -0.25) is 13.9 Å².